The molecule has 0 spiro atoms. The Hall–Kier alpha value is -1.88. The molecule has 19 heavy (non-hydrogen) atoms. The van der Waals surface area contributed by atoms with Gasteiger partial charge in [0, 0.05) is 18.3 Å². The zero-order chi connectivity index (χ0) is 13.1. The van der Waals surface area contributed by atoms with Crippen LogP contribution in [0.25, 0.3) is 11.5 Å². The van der Waals surface area contributed by atoms with Crippen molar-refractivity contribution in [2.45, 2.75) is 25.8 Å². The van der Waals surface area contributed by atoms with Crippen LogP contribution >= 0.6 is 0 Å². The van der Waals surface area contributed by atoms with E-state index in [0.717, 1.165) is 24.3 Å². The van der Waals surface area contributed by atoms with E-state index in [0.29, 0.717) is 17.8 Å². The molecule has 1 aliphatic heterocycles. The molecule has 1 unspecified atom stereocenters. The molecule has 100 valence electrons. The van der Waals surface area contributed by atoms with Gasteiger partial charge in [0.25, 0.3) is 5.89 Å². The Labute approximate surface area is 112 Å². The number of hydrogen-bond acceptors (Lipinski definition) is 5. The summed E-state index contributed by atoms with van der Waals surface area (Å²) in [4.78, 5) is 4.30. The van der Waals surface area contributed by atoms with Crippen LogP contribution in [-0.2, 0) is 0 Å². The van der Waals surface area contributed by atoms with Gasteiger partial charge >= 0.3 is 0 Å². The highest BCUT2D eigenvalue weighted by Crippen LogP contribution is 2.27. The molecule has 1 fully saturated rings. The van der Waals surface area contributed by atoms with Crippen molar-refractivity contribution in [1.29, 1.82) is 0 Å². The van der Waals surface area contributed by atoms with E-state index in [9.17, 15) is 0 Å². The van der Waals surface area contributed by atoms with Crippen molar-refractivity contribution in [3.05, 3.63) is 30.1 Å². The largest absolute Gasteiger partial charge is 0.380 e. The lowest BCUT2D eigenvalue weighted by Crippen LogP contribution is -2.38. The summed E-state index contributed by atoms with van der Waals surface area (Å²) in [7, 11) is 0. The third-order valence-corrected chi connectivity index (χ3v) is 3.34. The monoisotopic (exact) mass is 258 g/mol. The van der Waals surface area contributed by atoms with Crippen molar-refractivity contribution >= 4 is 5.69 Å². The van der Waals surface area contributed by atoms with Crippen LogP contribution in [-0.4, -0.2) is 29.3 Å². The summed E-state index contributed by atoms with van der Waals surface area (Å²) >= 11 is 0. The summed E-state index contributed by atoms with van der Waals surface area (Å²) in [6.45, 7) is 3.94. The van der Waals surface area contributed by atoms with Crippen molar-refractivity contribution in [3.63, 3.8) is 0 Å². The molecule has 3 rings (SSSR count). The molecule has 1 saturated heterocycles. The predicted octanol–water partition coefficient (Wildman–Crippen LogP) is 2.21. The molecular weight excluding hydrogens is 240 g/mol. The van der Waals surface area contributed by atoms with Gasteiger partial charge in [-0.1, -0.05) is 17.3 Å². The van der Waals surface area contributed by atoms with Gasteiger partial charge < -0.3 is 15.2 Å². The normalized spacial score (nSPS) is 19.3. The average molecular weight is 258 g/mol. The first kappa shape index (κ1) is 12.2. The maximum Gasteiger partial charge on any atom is 0.260 e. The van der Waals surface area contributed by atoms with Gasteiger partial charge in [0.1, 0.15) is 0 Å². The van der Waals surface area contributed by atoms with Gasteiger partial charge in [0.15, 0.2) is 5.82 Å². The number of aromatic nitrogens is 2. The highest BCUT2D eigenvalue weighted by atomic mass is 16.5. The Morgan fingerprint density at radius 1 is 1.37 bits per heavy atom. The summed E-state index contributed by atoms with van der Waals surface area (Å²) in [6.07, 6.45) is 2.39. The highest BCUT2D eigenvalue weighted by Gasteiger charge is 2.16. The lowest BCUT2D eigenvalue weighted by atomic mass is 10.1. The molecule has 1 aromatic carbocycles. The molecule has 2 N–H and O–H groups in total. The van der Waals surface area contributed by atoms with Crippen LogP contribution in [0.1, 0.15) is 18.7 Å². The molecule has 2 aromatic rings. The summed E-state index contributed by atoms with van der Waals surface area (Å²) < 4.78 is 5.26. The van der Waals surface area contributed by atoms with Gasteiger partial charge in [-0.25, -0.2) is 0 Å². The lowest BCUT2D eigenvalue weighted by molar-refractivity contribution is 0.425. The van der Waals surface area contributed by atoms with Crippen LogP contribution in [0.4, 0.5) is 5.69 Å². The zero-order valence-corrected chi connectivity index (χ0v) is 11.0. The first-order chi connectivity index (χ1) is 9.33. The van der Waals surface area contributed by atoms with E-state index < -0.39 is 0 Å². The maximum atomic E-state index is 5.26. The number of anilines is 1. The number of para-hydroxylation sites is 1. The molecule has 5 heteroatoms. The van der Waals surface area contributed by atoms with Crippen molar-refractivity contribution in [2.24, 2.45) is 0 Å². The number of nitrogens with zero attached hydrogens (tertiary/aromatic N) is 2. The fourth-order valence-electron chi connectivity index (χ4n) is 2.40. The fourth-order valence-corrected chi connectivity index (χ4v) is 2.40. The van der Waals surface area contributed by atoms with Gasteiger partial charge in [-0.15, -0.1) is 0 Å². The number of aryl methyl sites for hydroxylation is 1. The first-order valence-corrected chi connectivity index (χ1v) is 6.70. The van der Waals surface area contributed by atoms with Crippen LogP contribution in [0.5, 0.6) is 0 Å². The maximum absolute atomic E-state index is 5.26. The predicted molar refractivity (Wildman–Crippen MR) is 74.0 cm³/mol. The fraction of sp³-hybridized carbons (Fsp3) is 0.429. The van der Waals surface area contributed by atoms with Crippen LogP contribution in [0.2, 0.25) is 0 Å². The summed E-state index contributed by atoms with van der Waals surface area (Å²) in [6, 6.07) is 8.53. The minimum absolute atomic E-state index is 0.457. The molecule has 1 atom stereocenters. The van der Waals surface area contributed by atoms with E-state index in [-0.39, 0.29) is 0 Å². The molecular formula is C14H18N4O. The van der Waals surface area contributed by atoms with Crippen molar-refractivity contribution in [2.75, 3.05) is 18.4 Å². The van der Waals surface area contributed by atoms with Gasteiger partial charge in [-0.2, -0.15) is 4.98 Å². The summed E-state index contributed by atoms with van der Waals surface area (Å²) in [5.74, 6) is 1.23. The van der Waals surface area contributed by atoms with Crippen LogP contribution in [0.15, 0.2) is 28.8 Å². The Bertz CT molecular complexity index is 546. The molecule has 0 bridgehead atoms. The van der Waals surface area contributed by atoms with E-state index in [1.807, 2.05) is 25.1 Å². The molecule has 1 aliphatic rings. The van der Waals surface area contributed by atoms with Crippen LogP contribution < -0.4 is 10.6 Å². The Morgan fingerprint density at radius 2 is 2.26 bits per heavy atom. The second kappa shape index (κ2) is 5.40. The first-order valence-electron chi connectivity index (χ1n) is 6.70. The molecule has 0 amide bonds. The standard InChI is InChI=1S/C14H18N4O/c1-10-16-14(19-18-10)12-6-2-3-7-13(12)17-11-5-4-8-15-9-11/h2-3,6-7,11,15,17H,4-5,8-9H2,1H3. The minimum Gasteiger partial charge on any atom is -0.380 e. The van der Waals surface area contributed by atoms with Gasteiger partial charge in [-0.05, 0) is 38.4 Å². The molecule has 0 radical (unpaired) electrons. The SMILES string of the molecule is Cc1noc(-c2ccccc2NC2CCCNC2)n1. The number of nitrogens with one attached hydrogen (secondary N) is 2. The van der Waals surface area contributed by atoms with E-state index in [2.05, 4.69) is 26.8 Å². The van der Waals surface area contributed by atoms with E-state index in [1.165, 1.54) is 12.8 Å². The topological polar surface area (TPSA) is 63.0 Å². The zero-order valence-electron chi connectivity index (χ0n) is 11.0. The number of hydrogen-bond donors (Lipinski definition) is 2. The van der Waals surface area contributed by atoms with Crippen molar-refractivity contribution in [3.8, 4) is 11.5 Å². The third kappa shape index (κ3) is 2.76. The Balaban J connectivity index is 1.84. The second-order valence-electron chi connectivity index (χ2n) is 4.88. The summed E-state index contributed by atoms with van der Waals surface area (Å²) in [5.41, 5.74) is 2.02. The van der Waals surface area contributed by atoms with Crippen LogP contribution in [0.3, 0.4) is 0 Å². The molecule has 5 nitrogen and oxygen atoms in total. The van der Waals surface area contributed by atoms with Crippen molar-refractivity contribution in [1.82, 2.24) is 15.5 Å². The molecule has 0 aliphatic carbocycles. The Kier molecular flexibility index (Phi) is 3.46. The quantitative estimate of drug-likeness (QED) is 0.883. The van der Waals surface area contributed by atoms with Gasteiger partial charge in [0.05, 0.1) is 5.56 Å². The molecule has 1 aromatic heterocycles. The average Bonchev–Trinajstić information content (AvgIpc) is 2.87. The van der Waals surface area contributed by atoms with Gasteiger partial charge in [-0.3, -0.25) is 0 Å². The third-order valence-electron chi connectivity index (χ3n) is 3.34. The van der Waals surface area contributed by atoms with E-state index >= 15 is 0 Å². The van der Waals surface area contributed by atoms with Crippen molar-refractivity contribution < 1.29 is 4.52 Å². The highest BCUT2D eigenvalue weighted by molar-refractivity contribution is 5.72. The second-order valence-corrected chi connectivity index (χ2v) is 4.88. The van der Waals surface area contributed by atoms with E-state index in [1.54, 1.807) is 0 Å². The number of rotatable bonds is 3. The lowest BCUT2D eigenvalue weighted by Gasteiger charge is -2.25. The minimum atomic E-state index is 0.457. The molecule has 0 saturated carbocycles. The summed E-state index contributed by atoms with van der Waals surface area (Å²) in [5, 5.41) is 10.8. The Morgan fingerprint density at radius 3 is 3.00 bits per heavy atom. The smallest absolute Gasteiger partial charge is 0.260 e. The molecule has 2 heterocycles. The number of benzene rings is 1. The van der Waals surface area contributed by atoms with E-state index in [4.69, 9.17) is 4.52 Å². The van der Waals surface area contributed by atoms with Gasteiger partial charge in [0.2, 0.25) is 0 Å². The van der Waals surface area contributed by atoms with Crippen LogP contribution in [0, 0.1) is 6.92 Å². The number of piperidine rings is 1.